The zero-order chi connectivity index (χ0) is 19.7. The third kappa shape index (κ3) is 3.10. The van der Waals surface area contributed by atoms with Crippen LogP contribution in [0.3, 0.4) is 0 Å². The van der Waals surface area contributed by atoms with Crippen molar-refractivity contribution in [2.45, 2.75) is 6.61 Å². The third-order valence-electron chi connectivity index (χ3n) is 4.55. The molecule has 28 heavy (non-hydrogen) atoms. The summed E-state index contributed by atoms with van der Waals surface area (Å²) in [5, 5.41) is 29.3. The predicted molar refractivity (Wildman–Crippen MR) is 106 cm³/mol. The summed E-state index contributed by atoms with van der Waals surface area (Å²) in [6.45, 7) is -0.289. The summed E-state index contributed by atoms with van der Waals surface area (Å²) >= 11 is 0. The third-order valence-corrected chi connectivity index (χ3v) is 4.55. The molecule has 0 aliphatic rings. The Balaban J connectivity index is 2.00. The molecule has 0 unspecified atom stereocenters. The van der Waals surface area contributed by atoms with Crippen molar-refractivity contribution >= 4 is 11.0 Å². The zero-order valence-corrected chi connectivity index (χ0v) is 15.1. The molecule has 6 nitrogen and oxygen atoms in total. The van der Waals surface area contributed by atoms with E-state index in [9.17, 15) is 15.3 Å². The largest absolute Gasteiger partial charge is 0.508 e. The van der Waals surface area contributed by atoms with E-state index in [1.165, 1.54) is 13.2 Å². The van der Waals surface area contributed by atoms with Gasteiger partial charge in [0.2, 0.25) is 0 Å². The SMILES string of the molecule is COc1cc(-c2nc3ccccc3nc2-c2ccc(O)c(CO)c2)ccc1O. The smallest absolute Gasteiger partial charge is 0.161 e. The number of methoxy groups -OCH3 is 1. The van der Waals surface area contributed by atoms with Crippen molar-refractivity contribution in [3.8, 4) is 39.8 Å². The second-order valence-corrected chi connectivity index (χ2v) is 6.30. The number of phenolic OH excluding ortho intramolecular Hbond substituents is 1. The standard InChI is InChI=1S/C22H18N2O4/c1-28-20-11-14(7-9-19(20)27)22-21(13-6-8-18(26)15(10-13)12-25)23-16-4-2-3-5-17(16)24-22/h2-11,25-27H,12H2,1H3. The zero-order valence-electron chi connectivity index (χ0n) is 15.1. The normalized spacial score (nSPS) is 10.9. The molecule has 0 atom stereocenters. The Morgan fingerprint density at radius 1 is 0.786 bits per heavy atom. The Kier molecular flexibility index (Phi) is 4.55. The quantitative estimate of drug-likeness (QED) is 0.502. The van der Waals surface area contributed by atoms with E-state index in [2.05, 4.69) is 0 Å². The van der Waals surface area contributed by atoms with E-state index in [0.29, 0.717) is 28.3 Å². The Labute approximate surface area is 161 Å². The Morgan fingerprint density at radius 2 is 1.36 bits per heavy atom. The number of hydrogen-bond acceptors (Lipinski definition) is 6. The number of aromatic nitrogens is 2. The predicted octanol–water partition coefficient (Wildman–Crippen LogP) is 3.88. The Hall–Kier alpha value is -3.64. The van der Waals surface area contributed by atoms with Crippen LogP contribution in [0.4, 0.5) is 0 Å². The van der Waals surface area contributed by atoms with Crippen LogP contribution in [0.15, 0.2) is 60.7 Å². The second kappa shape index (κ2) is 7.17. The number of nitrogens with zero attached hydrogens (tertiary/aromatic N) is 2. The van der Waals surface area contributed by atoms with E-state index in [4.69, 9.17) is 14.7 Å². The van der Waals surface area contributed by atoms with Crippen LogP contribution in [0.2, 0.25) is 0 Å². The molecule has 0 saturated carbocycles. The molecule has 4 aromatic rings. The molecule has 4 rings (SSSR count). The highest BCUT2D eigenvalue weighted by Crippen LogP contribution is 2.36. The van der Waals surface area contributed by atoms with E-state index in [1.54, 1.807) is 30.3 Å². The average Bonchev–Trinajstić information content (AvgIpc) is 2.73. The lowest BCUT2D eigenvalue weighted by molar-refractivity contribution is 0.275. The maximum atomic E-state index is 9.92. The highest BCUT2D eigenvalue weighted by Gasteiger charge is 2.16. The maximum absolute atomic E-state index is 9.92. The molecular weight excluding hydrogens is 356 g/mol. The lowest BCUT2D eigenvalue weighted by atomic mass is 10.0. The number of hydrogen-bond donors (Lipinski definition) is 3. The van der Waals surface area contributed by atoms with Crippen molar-refractivity contribution in [3.05, 3.63) is 66.2 Å². The van der Waals surface area contributed by atoms with Gasteiger partial charge in [-0.2, -0.15) is 0 Å². The Bertz CT molecular complexity index is 1080. The van der Waals surface area contributed by atoms with Crippen molar-refractivity contribution < 1.29 is 20.1 Å². The number of rotatable bonds is 4. The number of aliphatic hydroxyl groups excluding tert-OH is 1. The number of aromatic hydroxyl groups is 2. The maximum Gasteiger partial charge on any atom is 0.161 e. The number of para-hydroxylation sites is 2. The summed E-state index contributed by atoms with van der Waals surface area (Å²) in [4.78, 5) is 9.56. The molecule has 1 aromatic heterocycles. The van der Waals surface area contributed by atoms with Gasteiger partial charge in [0.05, 0.1) is 36.1 Å². The van der Waals surface area contributed by atoms with Crippen LogP contribution in [0.1, 0.15) is 5.56 Å². The molecule has 0 radical (unpaired) electrons. The van der Waals surface area contributed by atoms with E-state index in [-0.39, 0.29) is 18.1 Å². The molecule has 0 bridgehead atoms. The summed E-state index contributed by atoms with van der Waals surface area (Å²) in [7, 11) is 1.49. The first-order valence-corrected chi connectivity index (χ1v) is 8.68. The minimum Gasteiger partial charge on any atom is -0.508 e. The summed E-state index contributed by atoms with van der Waals surface area (Å²) in [5.41, 5.74) is 4.50. The van der Waals surface area contributed by atoms with Gasteiger partial charge in [0.15, 0.2) is 11.5 Å². The van der Waals surface area contributed by atoms with Gasteiger partial charge in [-0.1, -0.05) is 12.1 Å². The van der Waals surface area contributed by atoms with Gasteiger partial charge in [-0.05, 0) is 48.5 Å². The molecule has 0 aliphatic heterocycles. The number of fused-ring (bicyclic) bond motifs is 1. The van der Waals surface area contributed by atoms with Crippen LogP contribution >= 0.6 is 0 Å². The fourth-order valence-corrected chi connectivity index (χ4v) is 3.09. The topological polar surface area (TPSA) is 95.7 Å². The first-order chi connectivity index (χ1) is 13.6. The van der Waals surface area contributed by atoms with Crippen molar-refractivity contribution in [2.24, 2.45) is 0 Å². The fraction of sp³-hybridized carbons (Fsp3) is 0.0909. The molecule has 0 aliphatic carbocycles. The first-order valence-electron chi connectivity index (χ1n) is 8.68. The fourth-order valence-electron chi connectivity index (χ4n) is 3.09. The number of ether oxygens (including phenoxy) is 1. The second-order valence-electron chi connectivity index (χ2n) is 6.30. The molecule has 0 fully saturated rings. The average molecular weight is 374 g/mol. The van der Waals surface area contributed by atoms with Crippen LogP contribution in [-0.4, -0.2) is 32.4 Å². The van der Waals surface area contributed by atoms with Gasteiger partial charge in [-0.15, -0.1) is 0 Å². The lowest BCUT2D eigenvalue weighted by Gasteiger charge is -2.13. The van der Waals surface area contributed by atoms with Crippen molar-refractivity contribution in [1.29, 1.82) is 0 Å². The van der Waals surface area contributed by atoms with Gasteiger partial charge in [-0.25, -0.2) is 9.97 Å². The van der Waals surface area contributed by atoms with Crippen molar-refractivity contribution in [3.63, 3.8) is 0 Å². The molecule has 0 spiro atoms. The van der Waals surface area contributed by atoms with Gasteiger partial charge in [0, 0.05) is 16.7 Å². The monoisotopic (exact) mass is 374 g/mol. The molecule has 140 valence electrons. The molecular formula is C22H18N2O4. The Morgan fingerprint density at radius 3 is 1.93 bits per heavy atom. The van der Waals surface area contributed by atoms with Gasteiger partial charge in [0.1, 0.15) is 5.75 Å². The van der Waals surface area contributed by atoms with Crippen molar-refractivity contribution in [1.82, 2.24) is 9.97 Å². The minimum absolute atomic E-state index is 0.0212. The highest BCUT2D eigenvalue weighted by atomic mass is 16.5. The molecule has 6 heteroatoms. The van der Waals surface area contributed by atoms with E-state index in [1.807, 2.05) is 24.3 Å². The van der Waals surface area contributed by atoms with Gasteiger partial charge < -0.3 is 20.1 Å². The molecule has 0 saturated heterocycles. The molecule has 3 N–H and O–H groups in total. The summed E-state index contributed by atoms with van der Waals surface area (Å²) < 4.78 is 5.23. The van der Waals surface area contributed by atoms with E-state index < -0.39 is 0 Å². The summed E-state index contributed by atoms with van der Waals surface area (Å²) in [5.74, 6) is 0.391. The number of benzene rings is 3. The van der Waals surface area contributed by atoms with Crippen LogP contribution in [0, 0.1) is 0 Å². The summed E-state index contributed by atoms with van der Waals surface area (Å²) in [6.07, 6.45) is 0. The van der Waals surface area contributed by atoms with Crippen LogP contribution in [0.25, 0.3) is 33.5 Å². The highest BCUT2D eigenvalue weighted by molar-refractivity contribution is 5.86. The first kappa shape index (κ1) is 17.8. The number of phenols is 2. The van der Waals surface area contributed by atoms with Crippen molar-refractivity contribution in [2.75, 3.05) is 7.11 Å². The van der Waals surface area contributed by atoms with E-state index in [0.717, 1.165) is 16.6 Å². The molecule has 3 aromatic carbocycles. The van der Waals surface area contributed by atoms with Gasteiger partial charge in [0.25, 0.3) is 0 Å². The van der Waals surface area contributed by atoms with E-state index >= 15 is 0 Å². The van der Waals surface area contributed by atoms with Crippen LogP contribution < -0.4 is 4.74 Å². The number of aliphatic hydroxyl groups is 1. The molecule has 1 heterocycles. The minimum atomic E-state index is -0.289. The summed E-state index contributed by atoms with van der Waals surface area (Å²) in [6, 6.07) is 17.5. The van der Waals surface area contributed by atoms with Crippen LogP contribution in [0.5, 0.6) is 17.2 Å². The van der Waals surface area contributed by atoms with Crippen LogP contribution in [-0.2, 0) is 6.61 Å². The molecule has 0 amide bonds. The lowest BCUT2D eigenvalue weighted by Crippen LogP contribution is -1.97. The van der Waals surface area contributed by atoms with Gasteiger partial charge >= 0.3 is 0 Å². The van der Waals surface area contributed by atoms with Gasteiger partial charge in [-0.3, -0.25) is 0 Å².